The van der Waals surface area contributed by atoms with Crippen LogP contribution in [0.3, 0.4) is 0 Å². The molecule has 21 heavy (non-hydrogen) atoms. The van der Waals surface area contributed by atoms with Crippen molar-refractivity contribution in [2.24, 2.45) is 0 Å². The van der Waals surface area contributed by atoms with Crippen LogP contribution < -0.4 is 5.32 Å². The van der Waals surface area contributed by atoms with E-state index < -0.39 is 23.7 Å². The molecule has 7 heteroatoms. The lowest BCUT2D eigenvalue weighted by Crippen LogP contribution is -2.13. The van der Waals surface area contributed by atoms with Crippen LogP contribution in [-0.2, 0) is 14.3 Å². The Morgan fingerprint density at radius 3 is 2.52 bits per heavy atom. The van der Waals surface area contributed by atoms with Crippen LogP contribution in [0.25, 0.3) is 0 Å². The van der Waals surface area contributed by atoms with Gasteiger partial charge in [-0.3, -0.25) is 9.59 Å². The second kappa shape index (κ2) is 7.98. The van der Waals surface area contributed by atoms with Crippen molar-refractivity contribution < 1.29 is 28.6 Å². The minimum Gasteiger partial charge on any atom is -0.481 e. The molecule has 0 saturated heterocycles. The number of aliphatic carboxylic acids is 1. The summed E-state index contributed by atoms with van der Waals surface area (Å²) < 4.78 is 18.1. The summed E-state index contributed by atoms with van der Waals surface area (Å²) in [6.07, 6.45) is 0.818. The number of hydrogen-bond acceptors (Lipinski definition) is 4. The van der Waals surface area contributed by atoms with Gasteiger partial charge in [0.25, 0.3) is 0 Å². The Labute approximate surface area is 120 Å². The highest BCUT2D eigenvalue weighted by Gasteiger charge is 2.12. The molecule has 0 aliphatic heterocycles. The molecule has 0 aromatic heterocycles. The van der Waals surface area contributed by atoms with Crippen molar-refractivity contribution in [3.05, 3.63) is 29.6 Å². The predicted molar refractivity (Wildman–Crippen MR) is 72.5 cm³/mol. The fourth-order valence-corrected chi connectivity index (χ4v) is 1.64. The number of carbonyl (C=O) groups excluding carboxylic acids is 2. The van der Waals surface area contributed by atoms with Gasteiger partial charge in [0.15, 0.2) is 0 Å². The fraction of sp³-hybridized carbons (Fsp3) is 0.357. The van der Waals surface area contributed by atoms with E-state index in [9.17, 15) is 18.8 Å². The maximum Gasteiger partial charge on any atom is 0.337 e. The Kier molecular flexibility index (Phi) is 6.32. The molecule has 0 radical (unpaired) electrons. The van der Waals surface area contributed by atoms with Crippen LogP contribution in [0.15, 0.2) is 18.2 Å². The number of hydrogen-bond donors (Lipinski definition) is 2. The molecule has 0 atom stereocenters. The molecule has 1 aromatic rings. The van der Waals surface area contributed by atoms with Gasteiger partial charge in [0, 0.05) is 12.8 Å². The van der Waals surface area contributed by atoms with E-state index in [0.717, 1.165) is 6.07 Å². The second-order valence-electron chi connectivity index (χ2n) is 4.34. The molecule has 114 valence electrons. The number of esters is 1. The standard InChI is InChI=1S/C14H16FNO5/c1-21-14(20)9-6-7-10(15)11(8-9)16-12(17)4-2-3-5-13(18)19/h6-8H,2-5H2,1H3,(H,16,17)(H,18,19). The van der Waals surface area contributed by atoms with E-state index in [0.29, 0.717) is 12.8 Å². The van der Waals surface area contributed by atoms with E-state index in [1.807, 2.05) is 0 Å². The molecule has 1 aromatic carbocycles. The SMILES string of the molecule is COC(=O)c1ccc(F)c(NC(=O)CCCCC(=O)O)c1. The average molecular weight is 297 g/mol. The van der Waals surface area contributed by atoms with Crippen LogP contribution in [0.1, 0.15) is 36.0 Å². The van der Waals surface area contributed by atoms with Gasteiger partial charge >= 0.3 is 11.9 Å². The summed E-state index contributed by atoms with van der Waals surface area (Å²) >= 11 is 0. The first-order chi connectivity index (χ1) is 9.93. The van der Waals surface area contributed by atoms with Crippen molar-refractivity contribution in [1.82, 2.24) is 0 Å². The van der Waals surface area contributed by atoms with E-state index in [2.05, 4.69) is 10.1 Å². The topological polar surface area (TPSA) is 92.7 Å². The van der Waals surface area contributed by atoms with Crippen LogP contribution in [-0.4, -0.2) is 30.1 Å². The molecule has 2 N–H and O–H groups in total. The normalized spacial score (nSPS) is 10.0. The van der Waals surface area contributed by atoms with Crippen LogP contribution >= 0.6 is 0 Å². The van der Waals surface area contributed by atoms with Gasteiger partial charge in [0.1, 0.15) is 5.82 Å². The van der Waals surface area contributed by atoms with Crippen molar-refractivity contribution in [1.29, 1.82) is 0 Å². The van der Waals surface area contributed by atoms with E-state index in [1.165, 1.54) is 19.2 Å². The average Bonchev–Trinajstić information content (AvgIpc) is 2.45. The number of carboxylic acid groups (broad SMARTS) is 1. The Morgan fingerprint density at radius 1 is 1.24 bits per heavy atom. The monoisotopic (exact) mass is 297 g/mol. The first-order valence-electron chi connectivity index (χ1n) is 6.33. The highest BCUT2D eigenvalue weighted by molar-refractivity contribution is 5.94. The molecule has 0 fully saturated rings. The first-order valence-corrected chi connectivity index (χ1v) is 6.33. The van der Waals surface area contributed by atoms with Crippen LogP contribution in [0, 0.1) is 5.82 Å². The van der Waals surface area contributed by atoms with Crippen LogP contribution in [0.4, 0.5) is 10.1 Å². The summed E-state index contributed by atoms with van der Waals surface area (Å²) in [6, 6.07) is 3.51. The molecule has 0 saturated carbocycles. The lowest BCUT2D eigenvalue weighted by atomic mass is 10.1. The van der Waals surface area contributed by atoms with Gasteiger partial charge in [-0.2, -0.15) is 0 Å². The Bertz CT molecular complexity index is 544. The summed E-state index contributed by atoms with van der Waals surface area (Å²) in [6.45, 7) is 0. The highest BCUT2D eigenvalue weighted by Crippen LogP contribution is 2.17. The summed E-state index contributed by atoms with van der Waals surface area (Å²) in [4.78, 5) is 33.3. The number of carbonyl (C=O) groups is 3. The first kappa shape index (κ1) is 16.6. The summed E-state index contributed by atoms with van der Waals surface area (Å²) in [7, 11) is 1.20. The minimum atomic E-state index is -0.924. The molecule has 0 heterocycles. The van der Waals surface area contributed by atoms with E-state index in [-0.39, 0.29) is 24.1 Å². The number of methoxy groups -OCH3 is 1. The van der Waals surface area contributed by atoms with Crippen molar-refractivity contribution in [3.8, 4) is 0 Å². The molecule has 0 spiro atoms. The zero-order valence-corrected chi connectivity index (χ0v) is 11.5. The van der Waals surface area contributed by atoms with Crippen LogP contribution in [0.5, 0.6) is 0 Å². The highest BCUT2D eigenvalue weighted by atomic mass is 19.1. The van der Waals surface area contributed by atoms with Gasteiger partial charge in [-0.15, -0.1) is 0 Å². The van der Waals surface area contributed by atoms with Gasteiger partial charge < -0.3 is 15.2 Å². The predicted octanol–water partition coefficient (Wildman–Crippen LogP) is 2.20. The molecule has 0 aliphatic carbocycles. The van der Waals surface area contributed by atoms with Crippen molar-refractivity contribution >= 4 is 23.5 Å². The van der Waals surface area contributed by atoms with E-state index in [1.54, 1.807) is 0 Å². The van der Waals surface area contributed by atoms with Gasteiger partial charge in [-0.1, -0.05) is 0 Å². The third-order valence-electron chi connectivity index (χ3n) is 2.71. The molecule has 0 bridgehead atoms. The summed E-state index contributed by atoms with van der Waals surface area (Å²) in [5.74, 6) is -2.66. The number of nitrogens with one attached hydrogen (secondary N) is 1. The zero-order chi connectivity index (χ0) is 15.8. The van der Waals surface area contributed by atoms with Gasteiger partial charge in [-0.05, 0) is 31.0 Å². The molecule has 0 aliphatic rings. The molecule has 1 rings (SSSR count). The van der Waals surface area contributed by atoms with E-state index in [4.69, 9.17) is 5.11 Å². The van der Waals surface area contributed by atoms with Crippen molar-refractivity contribution in [3.63, 3.8) is 0 Å². The van der Waals surface area contributed by atoms with Gasteiger partial charge in [0.05, 0.1) is 18.4 Å². The van der Waals surface area contributed by atoms with Crippen molar-refractivity contribution in [2.75, 3.05) is 12.4 Å². The fourth-order valence-electron chi connectivity index (χ4n) is 1.64. The molecular formula is C14H16FNO5. The lowest BCUT2D eigenvalue weighted by molar-refractivity contribution is -0.137. The maximum absolute atomic E-state index is 13.5. The van der Waals surface area contributed by atoms with Gasteiger partial charge in [-0.25, -0.2) is 9.18 Å². The molecular weight excluding hydrogens is 281 g/mol. The Hall–Kier alpha value is -2.44. The van der Waals surface area contributed by atoms with Crippen molar-refractivity contribution in [2.45, 2.75) is 25.7 Å². The number of rotatable bonds is 7. The van der Waals surface area contributed by atoms with Gasteiger partial charge in [0.2, 0.25) is 5.91 Å². The lowest BCUT2D eigenvalue weighted by Gasteiger charge is -2.08. The number of halogens is 1. The number of ether oxygens (including phenoxy) is 1. The summed E-state index contributed by atoms with van der Waals surface area (Å²) in [5, 5.41) is 10.8. The molecule has 0 unspecified atom stereocenters. The van der Waals surface area contributed by atoms with Crippen LogP contribution in [0.2, 0.25) is 0 Å². The molecule has 6 nitrogen and oxygen atoms in total. The summed E-state index contributed by atoms with van der Waals surface area (Å²) in [5.41, 5.74) is 0.0150. The minimum absolute atomic E-state index is 0.0144. The second-order valence-corrected chi connectivity index (χ2v) is 4.34. The quantitative estimate of drug-likeness (QED) is 0.594. The number of amides is 1. The van der Waals surface area contributed by atoms with E-state index >= 15 is 0 Å². The largest absolute Gasteiger partial charge is 0.481 e. The maximum atomic E-state index is 13.5. The number of anilines is 1. The third kappa shape index (κ3) is 5.60. The smallest absolute Gasteiger partial charge is 0.337 e. The zero-order valence-electron chi connectivity index (χ0n) is 11.5. The third-order valence-corrected chi connectivity index (χ3v) is 2.71. The Morgan fingerprint density at radius 2 is 1.90 bits per heavy atom. The number of carboxylic acids is 1. The molecule has 1 amide bonds. The number of unbranched alkanes of at least 4 members (excludes halogenated alkanes) is 1. The Balaban J connectivity index is 2.59. The number of benzene rings is 1.